The quantitative estimate of drug-likeness (QED) is 0.719. The monoisotopic (exact) mass is 223 g/mol. The van der Waals surface area contributed by atoms with Crippen LogP contribution in [0.15, 0.2) is 30.3 Å². The molecule has 1 fully saturated rings. The summed E-state index contributed by atoms with van der Waals surface area (Å²) in [5, 5.41) is 16.9. The molecule has 1 saturated carbocycles. The Labute approximate surface area is 95.0 Å². The van der Waals surface area contributed by atoms with Gasteiger partial charge >= 0.3 is 0 Å². The molecule has 0 radical (unpaired) electrons. The smallest absolute Gasteiger partial charge is 0.132 e. The van der Waals surface area contributed by atoms with Gasteiger partial charge in [0.1, 0.15) is 5.78 Å². The van der Waals surface area contributed by atoms with Crippen molar-refractivity contribution >= 4 is 11.5 Å². The maximum Gasteiger partial charge on any atom is 0.132 e. The normalized spacial score (nSPS) is 15.0. The first-order valence-corrected chi connectivity index (χ1v) is 5.45. The van der Waals surface area contributed by atoms with Crippen molar-refractivity contribution in [1.82, 2.24) is 0 Å². The summed E-state index contributed by atoms with van der Waals surface area (Å²) in [5.74, 6) is 0.464. The van der Waals surface area contributed by atoms with E-state index in [0.29, 0.717) is 11.5 Å². The fourth-order valence-corrected chi connectivity index (χ4v) is 1.51. The Kier molecular flexibility index (Phi) is 5.53. The third kappa shape index (κ3) is 4.91. The van der Waals surface area contributed by atoms with Crippen LogP contribution in [0.2, 0.25) is 0 Å². The Bertz CT molecular complexity index is 303. The van der Waals surface area contributed by atoms with E-state index in [1.807, 2.05) is 0 Å². The highest BCUT2D eigenvalue weighted by Crippen LogP contribution is 2.12. The number of carbonyl (C=O) groups is 1. The minimum absolute atomic E-state index is 0.0833. The number of hydrogen-bond acceptors (Lipinski definition) is 4. The molecule has 4 heteroatoms. The van der Waals surface area contributed by atoms with Crippen LogP contribution in [0.4, 0.5) is 5.69 Å². The second-order valence-electron chi connectivity index (χ2n) is 3.72. The van der Waals surface area contributed by atoms with Crippen molar-refractivity contribution in [2.45, 2.75) is 32.1 Å². The number of rotatable bonds is 1. The molecule has 88 valence electrons. The van der Waals surface area contributed by atoms with Crippen LogP contribution in [0.1, 0.15) is 32.1 Å². The van der Waals surface area contributed by atoms with E-state index in [4.69, 9.17) is 10.4 Å². The number of hydrogen-bond donors (Lipinski definition) is 2. The Balaban J connectivity index is 0.000000165. The van der Waals surface area contributed by atoms with Crippen molar-refractivity contribution in [2.24, 2.45) is 0 Å². The summed E-state index contributed by atoms with van der Waals surface area (Å²) in [7, 11) is 0. The van der Waals surface area contributed by atoms with Crippen molar-refractivity contribution in [1.29, 1.82) is 0 Å². The van der Waals surface area contributed by atoms with Crippen LogP contribution in [0.25, 0.3) is 0 Å². The van der Waals surface area contributed by atoms with Gasteiger partial charge in [0.25, 0.3) is 0 Å². The summed E-state index contributed by atoms with van der Waals surface area (Å²) in [6.07, 6.45) is 5.24. The Hall–Kier alpha value is -1.39. The molecule has 1 aromatic carbocycles. The highest BCUT2D eigenvalue weighted by Gasteiger charge is 2.05. The Morgan fingerprint density at radius 1 is 0.938 bits per heavy atom. The molecule has 0 spiro atoms. The third-order valence-electron chi connectivity index (χ3n) is 2.40. The Morgan fingerprint density at radius 3 is 1.81 bits per heavy atom. The van der Waals surface area contributed by atoms with E-state index in [9.17, 15) is 4.79 Å². The lowest BCUT2D eigenvalue weighted by molar-refractivity contribution is -0.120. The van der Waals surface area contributed by atoms with Crippen molar-refractivity contribution in [3.63, 3.8) is 0 Å². The first-order chi connectivity index (χ1) is 7.70. The molecule has 0 bridgehead atoms. The van der Waals surface area contributed by atoms with E-state index in [-0.39, 0.29) is 5.23 Å². The maximum atomic E-state index is 10.5. The molecule has 1 aromatic rings. The van der Waals surface area contributed by atoms with Crippen molar-refractivity contribution in [3.05, 3.63) is 30.3 Å². The molecule has 0 unspecified atom stereocenters. The molecule has 4 nitrogen and oxygen atoms in total. The molecular formula is C12H17NO3. The second kappa shape index (κ2) is 6.98. The molecule has 0 heterocycles. The zero-order chi connectivity index (χ0) is 11.8. The molecule has 1 aliphatic rings. The standard InChI is InChI=1S/C6H7NO2.C6H10O/c8-7(9)6-4-2-1-3-5-6;7-6-4-2-1-3-5-6/h1-5,8-9H;1-5H2. The molecule has 0 saturated heterocycles. The number of anilines is 1. The minimum Gasteiger partial charge on any atom is -0.300 e. The highest BCUT2D eigenvalue weighted by atomic mass is 16.8. The minimum atomic E-state index is 0.0833. The van der Waals surface area contributed by atoms with Crippen LogP contribution >= 0.6 is 0 Å². The SMILES string of the molecule is O=C1CCCCC1.ON(O)c1ccccc1. The molecule has 0 atom stereocenters. The van der Waals surface area contributed by atoms with Gasteiger partial charge in [0.05, 0.1) is 5.69 Å². The van der Waals surface area contributed by atoms with E-state index >= 15 is 0 Å². The molecule has 0 amide bonds. The molecule has 16 heavy (non-hydrogen) atoms. The lowest BCUT2D eigenvalue weighted by atomic mass is 10.00. The summed E-state index contributed by atoms with van der Waals surface area (Å²) in [5.41, 5.74) is 0.359. The zero-order valence-corrected chi connectivity index (χ0v) is 9.17. The van der Waals surface area contributed by atoms with Crippen LogP contribution in [0.5, 0.6) is 0 Å². The van der Waals surface area contributed by atoms with Gasteiger partial charge in [0.2, 0.25) is 0 Å². The van der Waals surface area contributed by atoms with Crippen molar-refractivity contribution in [2.75, 3.05) is 5.23 Å². The first-order valence-electron chi connectivity index (χ1n) is 5.45. The molecule has 2 rings (SSSR count). The lowest BCUT2D eigenvalue weighted by Crippen LogP contribution is -2.10. The van der Waals surface area contributed by atoms with Crippen LogP contribution in [-0.2, 0) is 4.79 Å². The van der Waals surface area contributed by atoms with Gasteiger partial charge in [-0.2, -0.15) is 0 Å². The first kappa shape index (κ1) is 12.7. The van der Waals surface area contributed by atoms with Crippen LogP contribution in [0, 0.1) is 0 Å². The van der Waals surface area contributed by atoms with Gasteiger partial charge in [-0.05, 0) is 25.0 Å². The van der Waals surface area contributed by atoms with E-state index in [1.165, 1.54) is 6.42 Å². The fourth-order valence-electron chi connectivity index (χ4n) is 1.51. The summed E-state index contributed by atoms with van der Waals surface area (Å²) in [6, 6.07) is 8.40. The number of ketones is 1. The molecule has 0 aliphatic heterocycles. The predicted molar refractivity (Wildman–Crippen MR) is 60.6 cm³/mol. The number of carbonyl (C=O) groups excluding carboxylic acids is 1. The summed E-state index contributed by atoms with van der Waals surface area (Å²) in [6.45, 7) is 0. The number of Topliss-reactive ketones (excluding diaryl/α,β-unsaturated/α-hetero) is 1. The molecule has 2 N–H and O–H groups in total. The fraction of sp³-hybridized carbons (Fsp3) is 0.417. The average molecular weight is 223 g/mol. The van der Waals surface area contributed by atoms with Gasteiger partial charge in [0.15, 0.2) is 0 Å². The van der Waals surface area contributed by atoms with Crippen molar-refractivity contribution in [3.8, 4) is 0 Å². The predicted octanol–water partition coefficient (Wildman–Crippen LogP) is 2.79. The van der Waals surface area contributed by atoms with Crippen LogP contribution < -0.4 is 5.23 Å². The highest BCUT2D eigenvalue weighted by molar-refractivity contribution is 5.78. The summed E-state index contributed by atoms with van der Waals surface area (Å²) < 4.78 is 0. The summed E-state index contributed by atoms with van der Waals surface area (Å²) >= 11 is 0. The van der Waals surface area contributed by atoms with E-state index in [1.54, 1.807) is 30.3 Å². The summed E-state index contributed by atoms with van der Waals surface area (Å²) in [4.78, 5) is 10.5. The molecular weight excluding hydrogens is 206 g/mol. The van der Waals surface area contributed by atoms with E-state index in [2.05, 4.69) is 0 Å². The Morgan fingerprint density at radius 2 is 1.50 bits per heavy atom. The van der Waals surface area contributed by atoms with Gasteiger partial charge in [-0.25, -0.2) is 0 Å². The number of para-hydroxylation sites is 1. The van der Waals surface area contributed by atoms with E-state index in [0.717, 1.165) is 25.7 Å². The van der Waals surface area contributed by atoms with Crippen LogP contribution in [0.3, 0.4) is 0 Å². The van der Waals surface area contributed by atoms with Gasteiger partial charge in [0, 0.05) is 12.8 Å². The van der Waals surface area contributed by atoms with Gasteiger partial charge < -0.3 is 0 Å². The number of benzene rings is 1. The molecule has 1 aliphatic carbocycles. The maximum absolute atomic E-state index is 10.5. The lowest BCUT2D eigenvalue weighted by Gasteiger charge is -2.05. The number of nitrogens with zero attached hydrogens (tertiary/aromatic N) is 1. The van der Waals surface area contributed by atoms with Gasteiger partial charge in [-0.1, -0.05) is 24.6 Å². The average Bonchev–Trinajstić information content (AvgIpc) is 2.32. The third-order valence-corrected chi connectivity index (χ3v) is 2.40. The molecule has 0 aromatic heterocycles. The zero-order valence-electron chi connectivity index (χ0n) is 9.17. The topological polar surface area (TPSA) is 60.8 Å². The van der Waals surface area contributed by atoms with Gasteiger partial charge in [-0.15, -0.1) is 5.23 Å². The largest absolute Gasteiger partial charge is 0.300 e. The van der Waals surface area contributed by atoms with Gasteiger partial charge in [-0.3, -0.25) is 15.2 Å². The second-order valence-corrected chi connectivity index (χ2v) is 3.72. The van der Waals surface area contributed by atoms with Crippen molar-refractivity contribution < 1.29 is 15.2 Å². The van der Waals surface area contributed by atoms with E-state index < -0.39 is 0 Å². The van der Waals surface area contributed by atoms with Crippen LogP contribution in [-0.4, -0.2) is 16.2 Å².